The van der Waals surface area contributed by atoms with Crippen LogP contribution in [0.2, 0.25) is 5.02 Å². The predicted molar refractivity (Wildman–Crippen MR) is 183 cm³/mol. The molecule has 1 fully saturated rings. The van der Waals surface area contributed by atoms with Crippen LogP contribution >= 0.6 is 34.7 Å². The molecule has 0 saturated carbocycles. The highest BCUT2D eigenvalue weighted by Crippen LogP contribution is 2.44. The molecule has 1 unspecified atom stereocenters. The topological polar surface area (TPSA) is 92.6 Å². The number of aliphatic hydroxyl groups is 1. The number of halogens is 1. The largest absolute Gasteiger partial charge is 0.507 e. The summed E-state index contributed by atoms with van der Waals surface area (Å²) in [5, 5.41) is 21.1. The molecule has 232 valence electrons. The summed E-state index contributed by atoms with van der Waals surface area (Å²) in [4.78, 5) is 28.6. The van der Waals surface area contributed by atoms with Crippen LogP contribution in [0.3, 0.4) is 0 Å². The average Bonchev–Trinajstić information content (AvgIpc) is 3.65. The first kappa shape index (κ1) is 31.5. The van der Waals surface area contributed by atoms with E-state index in [0.717, 1.165) is 28.7 Å². The van der Waals surface area contributed by atoms with Gasteiger partial charge in [-0.15, -0.1) is 10.2 Å². The Labute approximate surface area is 280 Å². The van der Waals surface area contributed by atoms with Crippen LogP contribution in [0.5, 0.6) is 5.75 Å². The first-order valence-electron chi connectivity index (χ1n) is 14.7. The summed E-state index contributed by atoms with van der Waals surface area (Å²) in [6, 6.07) is 29.3. The zero-order valence-electron chi connectivity index (χ0n) is 25.1. The smallest absolute Gasteiger partial charge is 0.301 e. The fourth-order valence-corrected chi connectivity index (χ4v) is 7.15. The normalized spacial score (nSPS) is 15.8. The SMILES string of the molecule is CCc1ccc(C2C(=C(O)c3ccc(OCc4cccc(C)c4)cc3)C(=O)C(=O)N2c2nnc(SCc3ccc(Cl)cc3)s2)cc1. The van der Waals surface area contributed by atoms with E-state index < -0.39 is 17.7 Å². The van der Waals surface area contributed by atoms with Crippen molar-refractivity contribution in [1.82, 2.24) is 10.2 Å². The van der Waals surface area contributed by atoms with Crippen molar-refractivity contribution in [3.8, 4) is 5.75 Å². The molecule has 5 aromatic rings. The first-order chi connectivity index (χ1) is 22.3. The molecule has 6 rings (SSSR count). The van der Waals surface area contributed by atoms with Crippen LogP contribution in [0.4, 0.5) is 5.13 Å². The molecule has 46 heavy (non-hydrogen) atoms. The lowest BCUT2D eigenvalue weighted by molar-refractivity contribution is -0.132. The molecule has 1 aliphatic rings. The number of nitrogens with zero attached hydrogens (tertiary/aromatic N) is 3. The first-order valence-corrected chi connectivity index (χ1v) is 16.9. The highest BCUT2D eigenvalue weighted by molar-refractivity contribution is 8.00. The summed E-state index contributed by atoms with van der Waals surface area (Å²) in [5.41, 5.74) is 5.44. The summed E-state index contributed by atoms with van der Waals surface area (Å²) >= 11 is 8.71. The quantitative estimate of drug-likeness (QED) is 0.0524. The molecule has 7 nitrogen and oxygen atoms in total. The Balaban J connectivity index is 1.30. The zero-order valence-corrected chi connectivity index (χ0v) is 27.5. The van der Waals surface area contributed by atoms with Crippen molar-refractivity contribution in [3.63, 3.8) is 0 Å². The van der Waals surface area contributed by atoms with Crippen molar-refractivity contribution in [1.29, 1.82) is 0 Å². The van der Waals surface area contributed by atoms with Crippen molar-refractivity contribution >= 4 is 57.3 Å². The molecule has 0 bridgehead atoms. The lowest BCUT2D eigenvalue weighted by Crippen LogP contribution is -2.29. The van der Waals surface area contributed by atoms with Crippen molar-refractivity contribution < 1.29 is 19.4 Å². The number of rotatable bonds is 10. The second-order valence-corrected chi connectivity index (χ2v) is 13.4. The number of carbonyl (C=O) groups is 2. The molecule has 1 aromatic heterocycles. The van der Waals surface area contributed by atoms with Gasteiger partial charge in [0.25, 0.3) is 5.78 Å². The van der Waals surface area contributed by atoms with Crippen LogP contribution in [-0.4, -0.2) is 27.0 Å². The fraction of sp³-hybridized carbons (Fsp3) is 0.167. The van der Waals surface area contributed by atoms with Crippen LogP contribution in [0, 0.1) is 6.92 Å². The minimum atomic E-state index is -0.884. The summed E-state index contributed by atoms with van der Waals surface area (Å²) in [6.45, 7) is 4.48. The van der Waals surface area contributed by atoms with Crippen molar-refractivity contribution in [2.75, 3.05) is 4.90 Å². The number of aliphatic hydroxyl groups excluding tert-OH is 1. The molecule has 1 saturated heterocycles. The summed E-state index contributed by atoms with van der Waals surface area (Å²) in [5.74, 6) is -0.570. The van der Waals surface area contributed by atoms with Crippen LogP contribution in [0.15, 0.2) is 107 Å². The van der Waals surface area contributed by atoms with Gasteiger partial charge in [0, 0.05) is 16.3 Å². The maximum atomic E-state index is 13.6. The fourth-order valence-electron chi connectivity index (χ4n) is 5.20. The highest BCUT2D eigenvalue weighted by Gasteiger charge is 2.48. The number of hydrogen-bond acceptors (Lipinski definition) is 8. The third kappa shape index (κ3) is 6.87. The van der Waals surface area contributed by atoms with Crippen LogP contribution < -0.4 is 9.64 Å². The highest BCUT2D eigenvalue weighted by atomic mass is 35.5. The van der Waals surface area contributed by atoms with E-state index in [9.17, 15) is 14.7 Å². The van der Waals surface area contributed by atoms with E-state index in [0.29, 0.717) is 38.6 Å². The third-order valence-electron chi connectivity index (χ3n) is 7.64. The van der Waals surface area contributed by atoms with Crippen molar-refractivity contribution in [2.45, 2.75) is 43.0 Å². The molecule has 1 atom stereocenters. The number of aryl methyl sites for hydroxylation is 2. The number of Topliss-reactive ketones (excluding diaryl/α,β-unsaturated/α-hetero) is 1. The number of benzene rings is 4. The second kappa shape index (κ2) is 13.9. The Hall–Kier alpha value is -4.44. The number of ether oxygens (including phenoxy) is 1. The molecule has 0 radical (unpaired) electrons. The minimum absolute atomic E-state index is 0.00625. The number of aromatic nitrogens is 2. The molecule has 1 aliphatic heterocycles. The van der Waals surface area contributed by atoms with E-state index in [2.05, 4.69) is 23.2 Å². The summed E-state index contributed by atoms with van der Waals surface area (Å²) < 4.78 is 6.59. The van der Waals surface area contributed by atoms with E-state index in [-0.39, 0.29) is 16.5 Å². The van der Waals surface area contributed by atoms with Gasteiger partial charge in [-0.1, -0.05) is 108 Å². The standard InChI is InChI=1S/C36H30ClN3O4S2/c1-3-23-7-11-26(12-8-23)31-30(32(41)27-13-17-29(18-14-27)44-20-25-6-4-5-22(2)19-25)33(42)34(43)40(31)35-38-39-36(46-35)45-21-24-9-15-28(37)16-10-24/h4-19,31,41H,3,20-21H2,1-2H3. The number of carbonyl (C=O) groups excluding carboxylic acids is 2. The Morgan fingerprint density at radius 3 is 2.35 bits per heavy atom. The van der Waals surface area contributed by atoms with Crippen LogP contribution in [-0.2, 0) is 28.4 Å². The van der Waals surface area contributed by atoms with Gasteiger partial charge in [-0.25, -0.2) is 0 Å². The molecular weight excluding hydrogens is 638 g/mol. The van der Waals surface area contributed by atoms with Gasteiger partial charge < -0.3 is 9.84 Å². The number of ketones is 1. The Morgan fingerprint density at radius 1 is 0.935 bits per heavy atom. The number of amides is 1. The van der Waals surface area contributed by atoms with E-state index in [4.69, 9.17) is 16.3 Å². The molecule has 2 heterocycles. The molecule has 4 aromatic carbocycles. The molecular formula is C36H30ClN3O4S2. The van der Waals surface area contributed by atoms with Crippen LogP contribution in [0.1, 0.15) is 46.3 Å². The van der Waals surface area contributed by atoms with Gasteiger partial charge in [0.1, 0.15) is 18.1 Å². The summed E-state index contributed by atoms with van der Waals surface area (Å²) in [7, 11) is 0. The zero-order chi connectivity index (χ0) is 32.2. The van der Waals surface area contributed by atoms with Gasteiger partial charge >= 0.3 is 5.91 Å². The lowest BCUT2D eigenvalue weighted by atomic mass is 9.94. The second-order valence-electron chi connectivity index (χ2n) is 10.8. The lowest BCUT2D eigenvalue weighted by Gasteiger charge is -2.22. The average molecular weight is 668 g/mol. The molecule has 0 aliphatic carbocycles. The summed E-state index contributed by atoms with van der Waals surface area (Å²) in [6.07, 6.45) is 0.837. The van der Waals surface area contributed by atoms with E-state index in [1.165, 1.54) is 28.0 Å². The van der Waals surface area contributed by atoms with E-state index in [1.807, 2.05) is 73.7 Å². The minimum Gasteiger partial charge on any atom is -0.507 e. The van der Waals surface area contributed by atoms with Crippen molar-refractivity contribution in [2.24, 2.45) is 0 Å². The van der Waals surface area contributed by atoms with Gasteiger partial charge in [-0.2, -0.15) is 0 Å². The Kier molecular flexibility index (Phi) is 9.53. The number of thioether (sulfide) groups is 1. The van der Waals surface area contributed by atoms with Gasteiger partial charge in [-0.05, 0) is 72.0 Å². The Morgan fingerprint density at radius 2 is 1.65 bits per heavy atom. The molecule has 0 spiro atoms. The van der Waals surface area contributed by atoms with Gasteiger partial charge in [0.15, 0.2) is 4.34 Å². The van der Waals surface area contributed by atoms with Gasteiger partial charge in [-0.3, -0.25) is 14.5 Å². The maximum absolute atomic E-state index is 13.6. The monoisotopic (exact) mass is 667 g/mol. The predicted octanol–water partition coefficient (Wildman–Crippen LogP) is 8.56. The molecule has 1 N–H and O–H groups in total. The third-order valence-corrected chi connectivity index (χ3v) is 10.0. The Bertz CT molecular complexity index is 1910. The maximum Gasteiger partial charge on any atom is 0.301 e. The van der Waals surface area contributed by atoms with E-state index in [1.54, 1.807) is 24.3 Å². The van der Waals surface area contributed by atoms with Gasteiger partial charge in [0.05, 0.1) is 11.6 Å². The number of hydrogen-bond donors (Lipinski definition) is 1. The molecule has 1 amide bonds. The molecule has 10 heteroatoms. The van der Waals surface area contributed by atoms with E-state index >= 15 is 0 Å². The number of anilines is 1. The van der Waals surface area contributed by atoms with Gasteiger partial charge in [0.2, 0.25) is 5.13 Å². The van der Waals surface area contributed by atoms with Crippen LogP contribution in [0.25, 0.3) is 5.76 Å². The van der Waals surface area contributed by atoms with Crippen molar-refractivity contribution in [3.05, 3.63) is 141 Å².